The first-order valence-corrected chi connectivity index (χ1v) is 11.6. The molecule has 8 nitrogen and oxygen atoms in total. The summed E-state index contributed by atoms with van der Waals surface area (Å²) in [6.07, 6.45) is 2.34. The lowest BCUT2D eigenvalue weighted by atomic mass is 10.1. The van der Waals surface area contributed by atoms with Crippen molar-refractivity contribution in [2.75, 3.05) is 49.1 Å². The van der Waals surface area contributed by atoms with Crippen LogP contribution >= 0.6 is 0 Å². The van der Waals surface area contributed by atoms with Crippen LogP contribution in [0.1, 0.15) is 35.7 Å². The smallest absolute Gasteiger partial charge is 0.339 e. The summed E-state index contributed by atoms with van der Waals surface area (Å²) in [6.45, 7) is 6.44. The molecule has 3 heterocycles. The number of amides is 2. The van der Waals surface area contributed by atoms with Crippen LogP contribution in [-0.2, 0) is 14.3 Å². The number of halogens is 1. The summed E-state index contributed by atoms with van der Waals surface area (Å²) in [5.74, 6) is -0.909. The molecule has 34 heavy (non-hydrogen) atoms. The Kier molecular flexibility index (Phi) is 7.09. The molecule has 1 atom stereocenters. The Bertz CT molecular complexity index is 1080. The second-order valence-corrected chi connectivity index (χ2v) is 8.65. The highest BCUT2D eigenvalue weighted by atomic mass is 19.1. The van der Waals surface area contributed by atoms with Crippen molar-refractivity contribution in [2.45, 2.75) is 26.7 Å². The quantitative estimate of drug-likeness (QED) is 0.628. The van der Waals surface area contributed by atoms with Crippen LogP contribution in [0.3, 0.4) is 0 Å². The maximum atomic E-state index is 14.4. The van der Waals surface area contributed by atoms with Gasteiger partial charge in [-0.25, -0.2) is 14.2 Å². The molecule has 2 aliphatic heterocycles. The lowest BCUT2D eigenvalue weighted by Gasteiger charge is -2.25. The Balaban J connectivity index is 1.37. The van der Waals surface area contributed by atoms with Crippen LogP contribution in [0.25, 0.3) is 0 Å². The van der Waals surface area contributed by atoms with Gasteiger partial charge in [0.1, 0.15) is 11.6 Å². The lowest BCUT2D eigenvalue weighted by molar-refractivity contribution is -0.135. The average Bonchev–Trinajstić information content (AvgIpc) is 3.04. The average molecular weight is 469 g/mol. The number of nitrogens with zero attached hydrogens (tertiary/aromatic N) is 4. The third-order valence-electron chi connectivity index (χ3n) is 6.26. The first kappa shape index (κ1) is 23.7. The van der Waals surface area contributed by atoms with Crippen LogP contribution in [0.4, 0.5) is 15.9 Å². The van der Waals surface area contributed by atoms with Gasteiger partial charge in [0.05, 0.1) is 23.8 Å². The largest absolute Gasteiger partial charge is 0.462 e. The zero-order chi connectivity index (χ0) is 24.2. The van der Waals surface area contributed by atoms with Gasteiger partial charge in [-0.1, -0.05) is 6.07 Å². The van der Waals surface area contributed by atoms with Crippen LogP contribution in [-0.4, -0.2) is 67.0 Å². The number of anilines is 2. The first-order chi connectivity index (χ1) is 16.4. The maximum Gasteiger partial charge on any atom is 0.339 e. The van der Waals surface area contributed by atoms with E-state index in [0.29, 0.717) is 31.8 Å². The highest BCUT2D eigenvalue weighted by molar-refractivity contribution is 6.00. The third kappa shape index (κ3) is 5.03. The monoisotopic (exact) mass is 468 g/mol. The number of hydrogen-bond donors (Lipinski definition) is 0. The second-order valence-electron chi connectivity index (χ2n) is 8.65. The number of ether oxygens (including phenoxy) is 1. The fraction of sp³-hybridized carbons (Fsp3) is 0.440. The van der Waals surface area contributed by atoms with E-state index in [0.717, 1.165) is 24.3 Å². The van der Waals surface area contributed by atoms with E-state index in [1.807, 2.05) is 0 Å². The topological polar surface area (TPSA) is 83.0 Å². The van der Waals surface area contributed by atoms with Gasteiger partial charge in [0.25, 0.3) is 0 Å². The van der Waals surface area contributed by atoms with Gasteiger partial charge in [0.15, 0.2) is 0 Å². The molecule has 1 aromatic heterocycles. The fourth-order valence-corrected chi connectivity index (χ4v) is 4.47. The minimum Gasteiger partial charge on any atom is -0.462 e. The van der Waals surface area contributed by atoms with Gasteiger partial charge in [0.2, 0.25) is 11.8 Å². The SMILES string of the molecule is CCOC(=O)c1ccc(N2CCCN(C(=O)[C@@H]3CC(=O)N(c4ccc(C)cc4F)C3)CC2)nc1. The van der Waals surface area contributed by atoms with E-state index in [2.05, 4.69) is 9.88 Å². The Morgan fingerprint density at radius 2 is 1.97 bits per heavy atom. The van der Waals surface area contributed by atoms with Crippen LogP contribution in [0.5, 0.6) is 0 Å². The third-order valence-corrected chi connectivity index (χ3v) is 6.26. The van der Waals surface area contributed by atoms with Gasteiger partial charge in [-0.15, -0.1) is 0 Å². The van der Waals surface area contributed by atoms with E-state index >= 15 is 0 Å². The molecule has 0 unspecified atom stereocenters. The molecular weight excluding hydrogens is 439 g/mol. The maximum absolute atomic E-state index is 14.4. The Morgan fingerprint density at radius 1 is 1.15 bits per heavy atom. The Hall–Kier alpha value is -3.49. The van der Waals surface area contributed by atoms with E-state index in [-0.39, 0.29) is 30.5 Å². The summed E-state index contributed by atoms with van der Waals surface area (Å²) in [5.41, 5.74) is 1.41. The highest BCUT2D eigenvalue weighted by Gasteiger charge is 2.38. The van der Waals surface area contributed by atoms with E-state index in [9.17, 15) is 18.8 Å². The van der Waals surface area contributed by atoms with Gasteiger partial charge in [-0.05, 0) is 50.1 Å². The first-order valence-electron chi connectivity index (χ1n) is 11.6. The number of aryl methyl sites for hydroxylation is 1. The lowest BCUT2D eigenvalue weighted by Crippen LogP contribution is -2.40. The minimum atomic E-state index is -0.485. The number of carbonyl (C=O) groups is 3. The standard InChI is InChI=1S/C25H29FN4O4/c1-3-34-25(33)18-6-8-22(27-15-18)28-9-4-10-29(12-11-28)24(32)19-14-23(31)30(16-19)21-7-5-17(2)13-20(21)26/h5-8,13,15,19H,3-4,9-12,14,16H2,1-2H3/t19-/m1/s1. The van der Waals surface area contributed by atoms with E-state index < -0.39 is 17.7 Å². The highest BCUT2D eigenvalue weighted by Crippen LogP contribution is 2.29. The van der Waals surface area contributed by atoms with Crippen molar-refractivity contribution in [1.82, 2.24) is 9.88 Å². The van der Waals surface area contributed by atoms with Crippen molar-refractivity contribution in [3.05, 3.63) is 53.5 Å². The van der Waals surface area contributed by atoms with Crippen LogP contribution in [0.2, 0.25) is 0 Å². The van der Waals surface area contributed by atoms with Crippen molar-refractivity contribution in [1.29, 1.82) is 0 Å². The molecule has 9 heteroatoms. The molecule has 0 N–H and O–H groups in total. The van der Waals surface area contributed by atoms with Gasteiger partial charge in [0, 0.05) is 45.3 Å². The van der Waals surface area contributed by atoms with Crippen LogP contribution in [0.15, 0.2) is 36.5 Å². The minimum absolute atomic E-state index is 0.0733. The number of pyridine rings is 1. The molecule has 2 saturated heterocycles. The van der Waals surface area contributed by atoms with Crippen molar-refractivity contribution < 1.29 is 23.5 Å². The van der Waals surface area contributed by atoms with Gasteiger partial charge >= 0.3 is 5.97 Å². The van der Waals surface area contributed by atoms with Crippen molar-refractivity contribution in [2.24, 2.45) is 5.92 Å². The number of carbonyl (C=O) groups excluding carboxylic acids is 3. The molecule has 0 radical (unpaired) electrons. The van der Waals surface area contributed by atoms with Crippen molar-refractivity contribution in [3.63, 3.8) is 0 Å². The van der Waals surface area contributed by atoms with Gasteiger partial charge in [-0.2, -0.15) is 0 Å². The molecule has 2 amide bonds. The summed E-state index contributed by atoms with van der Waals surface area (Å²) in [6, 6.07) is 8.23. The number of esters is 1. The van der Waals surface area contributed by atoms with Gasteiger partial charge in [-0.3, -0.25) is 9.59 Å². The van der Waals surface area contributed by atoms with E-state index in [1.165, 1.54) is 17.2 Å². The van der Waals surface area contributed by atoms with Crippen LogP contribution in [0, 0.1) is 18.7 Å². The molecule has 4 rings (SSSR count). The number of benzene rings is 1. The van der Waals surface area contributed by atoms with Gasteiger partial charge < -0.3 is 19.4 Å². The van der Waals surface area contributed by atoms with Crippen molar-refractivity contribution >= 4 is 29.3 Å². The summed E-state index contributed by atoms with van der Waals surface area (Å²) >= 11 is 0. The molecule has 0 spiro atoms. The molecule has 0 saturated carbocycles. The van der Waals surface area contributed by atoms with E-state index in [4.69, 9.17) is 4.74 Å². The zero-order valence-corrected chi connectivity index (χ0v) is 19.5. The summed E-state index contributed by atoms with van der Waals surface area (Å²) < 4.78 is 19.4. The predicted molar refractivity (Wildman–Crippen MR) is 125 cm³/mol. The molecular formula is C25H29FN4O4. The molecule has 2 fully saturated rings. The van der Waals surface area contributed by atoms with E-state index in [1.54, 1.807) is 43.0 Å². The summed E-state index contributed by atoms with van der Waals surface area (Å²) in [7, 11) is 0. The van der Waals surface area contributed by atoms with Crippen molar-refractivity contribution in [3.8, 4) is 0 Å². The summed E-state index contributed by atoms with van der Waals surface area (Å²) in [4.78, 5) is 47.3. The van der Waals surface area contributed by atoms with Crippen LogP contribution < -0.4 is 9.80 Å². The molecule has 1 aromatic carbocycles. The molecule has 0 aliphatic carbocycles. The second kappa shape index (κ2) is 10.2. The number of rotatable bonds is 5. The predicted octanol–water partition coefficient (Wildman–Crippen LogP) is 2.80. The Labute approximate surface area is 198 Å². The zero-order valence-electron chi connectivity index (χ0n) is 19.5. The molecule has 2 aromatic rings. The number of hydrogen-bond acceptors (Lipinski definition) is 6. The summed E-state index contributed by atoms with van der Waals surface area (Å²) in [5, 5.41) is 0. The number of aromatic nitrogens is 1. The fourth-order valence-electron chi connectivity index (χ4n) is 4.47. The Morgan fingerprint density at radius 3 is 2.68 bits per heavy atom. The molecule has 2 aliphatic rings. The molecule has 0 bridgehead atoms. The molecule has 180 valence electrons. The normalized spacial score (nSPS) is 18.7.